The number of carbonyl (C=O) groups is 2. The van der Waals surface area contributed by atoms with E-state index in [9.17, 15) is 9.59 Å². The van der Waals surface area contributed by atoms with E-state index < -0.39 is 0 Å². The van der Waals surface area contributed by atoms with Crippen molar-refractivity contribution in [3.05, 3.63) is 76.5 Å². The van der Waals surface area contributed by atoms with Crippen molar-refractivity contribution >= 4 is 17.9 Å². The minimum absolute atomic E-state index is 0.239. The summed E-state index contributed by atoms with van der Waals surface area (Å²) in [6.45, 7) is 10.8. The molecule has 0 saturated carbocycles. The Balaban J connectivity index is 2.26. The minimum Gasteiger partial charge on any atom is -0.351 e. The third-order valence-corrected chi connectivity index (χ3v) is 4.39. The van der Waals surface area contributed by atoms with Crippen LogP contribution in [0.3, 0.4) is 0 Å². The number of benzene rings is 2. The monoisotopic (exact) mass is 378 g/mol. The first-order valence-electron chi connectivity index (χ1n) is 9.74. The molecule has 0 bridgehead atoms. The lowest BCUT2D eigenvalue weighted by Gasteiger charge is -2.13. The van der Waals surface area contributed by atoms with Crippen molar-refractivity contribution in [2.24, 2.45) is 5.92 Å². The molecule has 0 saturated heterocycles. The van der Waals surface area contributed by atoms with Crippen molar-refractivity contribution < 1.29 is 9.59 Å². The summed E-state index contributed by atoms with van der Waals surface area (Å²) in [4.78, 5) is 25.3. The lowest BCUT2D eigenvalue weighted by Crippen LogP contribution is -2.36. The largest absolute Gasteiger partial charge is 0.351 e. The molecule has 4 heteroatoms. The van der Waals surface area contributed by atoms with Crippen LogP contribution >= 0.6 is 0 Å². The second kappa shape index (κ2) is 9.88. The molecule has 0 unspecified atom stereocenters. The number of carbonyl (C=O) groups excluding carboxylic acids is 2. The maximum Gasteiger partial charge on any atom is 0.267 e. The van der Waals surface area contributed by atoms with E-state index in [1.165, 1.54) is 5.56 Å². The average molecular weight is 379 g/mol. The fourth-order valence-electron chi connectivity index (χ4n) is 2.59. The Kier molecular flexibility index (Phi) is 7.56. The van der Waals surface area contributed by atoms with Gasteiger partial charge in [-0.2, -0.15) is 0 Å². The summed E-state index contributed by atoms with van der Waals surface area (Å²) >= 11 is 0. The first-order chi connectivity index (χ1) is 13.3. The predicted octanol–water partition coefficient (Wildman–Crippen LogP) is 4.66. The summed E-state index contributed by atoms with van der Waals surface area (Å²) in [6.07, 6.45) is 1.71. The number of rotatable bonds is 7. The topological polar surface area (TPSA) is 58.2 Å². The van der Waals surface area contributed by atoms with Crippen molar-refractivity contribution in [2.45, 2.75) is 40.5 Å². The Hall–Kier alpha value is -2.88. The fourth-order valence-corrected chi connectivity index (χ4v) is 2.59. The molecule has 0 aliphatic heterocycles. The molecule has 2 aromatic rings. The minimum atomic E-state index is -0.301. The van der Waals surface area contributed by atoms with E-state index in [0.717, 1.165) is 11.1 Å². The molecular formula is C24H30N2O2. The number of nitrogens with one attached hydrogen (secondary N) is 2. The molecule has 0 atom stereocenters. The van der Waals surface area contributed by atoms with Crippen molar-refractivity contribution in [1.82, 2.24) is 10.6 Å². The Bertz CT molecular complexity index is 832. The fraction of sp³-hybridized carbons (Fsp3) is 0.333. The lowest BCUT2D eigenvalue weighted by atomic mass is 10.0. The van der Waals surface area contributed by atoms with Crippen LogP contribution in [0, 0.1) is 12.8 Å². The number of amides is 2. The maximum atomic E-state index is 12.7. The van der Waals surface area contributed by atoms with Crippen LogP contribution in [0.25, 0.3) is 6.08 Å². The van der Waals surface area contributed by atoms with E-state index in [1.807, 2.05) is 57.2 Å². The van der Waals surface area contributed by atoms with Crippen LogP contribution in [0.2, 0.25) is 0 Å². The lowest BCUT2D eigenvalue weighted by molar-refractivity contribution is -0.117. The van der Waals surface area contributed by atoms with Crippen molar-refractivity contribution in [1.29, 1.82) is 0 Å². The summed E-state index contributed by atoms with van der Waals surface area (Å²) in [5, 5.41) is 5.65. The highest BCUT2D eigenvalue weighted by Crippen LogP contribution is 2.16. The summed E-state index contributed by atoms with van der Waals surface area (Å²) in [7, 11) is 0. The molecule has 2 N–H and O–H groups in total. The van der Waals surface area contributed by atoms with E-state index in [0.29, 0.717) is 23.9 Å². The third-order valence-electron chi connectivity index (χ3n) is 4.39. The van der Waals surface area contributed by atoms with Crippen molar-refractivity contribution in [3.63, 3.8) is 0 Å². The highest BCUT2D eigenvalue weighted by molar-refractivity contribution is 6.05. The average Bonchev–Trinajstić information content (AvgIpc) is 2.66. The molecule has 148 valence electrons. The second-order valence-corrected chi connectivity index (χ2v) is 7.80. The van der Waals surface area contributed by atoms with Gasteiger partial charge in [-0.15, -0.1) is 0 Å². The van der Waals surface area contributed by atoms with Gasteiger partial charge in [-0.3, -0.25) is 9.59 Å². The van der Waals surface area contributed by atoms with Gasteiger partial charge in [0, 0.05) is 12.1 Å². The van der Waals surface area contributed by atoms with Crippen LogP contribution in [-0.4, -0.2) is 18.4 Å². The van der Waals surface area contributed by atoms with Gasteiger partial charge in [0.15, 0.2) is 0 Å². The molecule has 0 spiro atoms. The Morgan fingerprint density at radius 1 is 0.929 bits per heavy atom. The molecule has 2 amide bonds. The number of hydrogen-bond acceptors (Lipinski definition) is 2. The molecule has 0 radical (unpaired) electrons. The molecular weight excluding hydrogens is 348 g/mol. The quantitative estimate of drug-likeness (QED) is 0.688. The molecule has 0 fully saturated rings. The molecule has 2 aromatic carbocycles. The van der Waals surface area contributed by atoms with Crippen LogP contribution in [0.1, 0.15) is 60.7 Å². The van der Waals surface area contributed by atoms with Gasteiger partial charge < -0.3 is 10.6 Å². The number of hydrogen-bond donors (Lipinski definition) is 2. The predicted molar refractivity (Wildman–Crippen MR) is 115 cm³/mol. The molecule has 0 aliphatic rings. The highest BCUT2D eigenvalue weighted by atomic mass is 16.2. The van der Waals surface area contributed by atoms with E-state index in [-0.39, 0.29) is 17.5 Å². The molecule has 0 heterocycles. The zero-order valence-corrected chi connectivity index (χ0v) is 17.4. The molecule has 2 rings (SSSR count). The number of aryl methyl sites for hydroxylation is 1. The van der Waals surface area contributed by atoms with E-state index >= 15 is 0 Å². The Labute approximate surface area is 168 Å². The van der Waals surface area contributed by atoms with Crippen LogP contribution in [0.15, 0.2) is 54.2 Å². The van der Waals surface area contributed by atoms with Gasteiger partial charge in [-0.1, -0.05) is 69.7 Å². The van der Waals surface area contributed by atoms with Gasteiger partial charge in [0.05, 0.1) is 0 Å². The standard InChI is InChI=1S/C24H30N2O2/c1-16(2)15-25-24(28)22(14-19-8-12-20(13-9-19)17(3)4)26-23(27)21-10-6-18(5)7-11-21/h6-14,16-17H,15H2,1-5H3,(H,25,28)(H,26,27)/b22-14-. The zero-order chi connectivity index (χ0) is 20.7. The summed E-state index contributed by atoms with van der Waals surface area (Å²) in [6, 6.07) is 15.3. The summed E-state index contributed by atoms with van der Waals surface area (Å²) < 4.78 is 0. The van der Waals surface area contributed by atoms with Crippen LogP contribution in [0.5, 0.6) is 0 Å². The third kappa shape index (κ3) is 6.38. The molecule has 0 aromatic heterocycles. The first-order valence-corrected chi connectivity index (χ1v) is 9.74. The van der Waals surface area contributed by atoms with Crippen molar-refractivity contribution in [3.8, 4) is 0 Å². The van der Waals surface area contributed by atoms with Gasteiger partial charge in [0.1, 0.15) is 5.70 Å². The van der Waals surface area contributed by atoms with Gasteiger partial charge in [-0.25, -0.2) is 0 Å². The Morgan fingerprint density at radius 3 is 2.07 bits per heavy atom. The Morgan fingerprint density at radius 2 is 1.54 bits per heavy atom. The van der Waals surface area contributed by atoms with E-state index in [2.05, 4.69) is 24.5 Å². The van der Waals surface area contributed by atoms with E-state index in [1.54, 1.807) is 18.2 Å². The van der Waals surface area contributed by atoms with Gasteiger partial charge in [0.25, 0.3) is 11.8 Å². The normalized spacial score (nSPS) is 11.6. The van der Waals surface area contributed by atoms with Gasteiger partial charge in [0.2, 0.25) is 0 Å². The van der Waals surface area contributed by atoms with Crippen LogP contribution < -0.4 is 10.6 Å². The van der Waals surface area contributed by atoms with Crippen LogP contribution in [0.4, 0.5) is 0 Å². The smallest absolute Gasteiger partial charge is 0.267 e. The first kappa shape index (κ1) is 21.4. The molecule has 28 heavy (non-hydrogen) atoms. The van der Waals surface area contributed by atoms with Crippen molar-refractivity contribution in [2.75, 3.05) is 6.54 Å². The van der Waals surface area contributed by atoms with E-state index in [4.69, 9.17) is 0 Å². The highest BCUT2D eigenvalue weighted by Gasteiger charge is 2.15. The van der Waals surface area contributed by atoms with Gasteiger partial charge >= 0.3 is 0 Å². The second-order valence-electron chi connectivity index (χ2n) is 7.80. The summed E-state index contributed by atoms with van der Waals surface area (Å²) in [5.41, 5.74) is 3.93. The van der Waals surface area contributed by atoms with Crippen LogP contribution in [-0.2, 0) is 4.79 Å². The van der Waals surface area contributed by atoms with Gasteiger partial charge in [-0.05, 0) is 48.1 Å². The molecule has 4 nitrogen and oxygen atoms in total. The molecule has 0 aliphatic carbocycles. The maximum absolute atomic E-state index is 12.7. The SMILES string of the molecule is Cc1ccc(C(=O)N/C(=C\c2ccc(C(C)C)cc2)C(=O)NCC(C)C)cc1. The summed E-state index contributed by atoms with van der Waals surface area (Å²) in [5.74, 6) is 0.170. The zero-order valence-electron chi connectivity index (χ0n) is 17.4.